The highest BCUT2D eigenvalue weighted by Gasteiger charge is 2.61. The van der Waals surface area contributed by atoms with E-state index in [0.29, 0.717) is 24.5 Å². The molecular weight excluding hydrogens is 300 g/mol. The van der Waals surface area contributed by atoms with Crippen LogP contribution >= 0.6 is 0 Å². The quantitative estimate of drug-likeness (QED) is 0.813. The van der Waals surface area contributed by atoms with Gasteiger partial charge in [-0.15, -0.1) is 0 Å². The lowest BCUT2D eigenvalue weighted by Gasteiger charge is -2.62. The van der Waals surface area contributed by atoms with Gasteiger partial charge in [-0.2, -0.15) is 0 Å². The largest absolute Gasteiger partial charge is 0.392 e. The van der Waals surface area contributed by atoms with Crippen molar-refractivity contribution >= 4 is 5.71 Å². The van der Waals surface area contributed by atoms with Gasteiger partial charge in [0.2, 0.25) is 0 Å². The van der Waals surface area contributed by atoms with Crippen molar-refractivity contribution < 1.29 is 15.7 Å². The van der Waals surface area contributed by atoms with Gasteiger partial charge in [0.15, 0.2) is 0 Å². The first-order valence-corrected chi connectivity index (χ1v) is 8.51. The summed E-state index contributed by atoms with van der Waals surface area (Å²) in [6.07, 6.45) is 4.59. The number of nitrogens with zero attached hydrogens (tertiary/aromatic N) is 2. The molecule has 4 rings (SSSR count). The fourth-order valence-electron chi connectivity index (χ4n) is 4.26. The van der Waals surface area contributed by atoms with Crippen molar-refractivity contribution in [3.63, 3.8) is 0 Å². The number of fused-ring (bicyclic) bond motifs is 2. The smallest absolute Gasteiger partial charge is 0.103 e. The SMILES string of the molecule is [2H]c1nc([2H])c([C@H](C/C=C\CO)N=C2C[C@H]3C[C@H](C3(C)C)[C@@]2(C)O)c([2H])c1[2H]. The van der Waals surface area contributed by atoms with E-state index in [2.05, 4.69) is 18.8 Å². The zero-order chi connectivity index (χ0) is 20.9. The van der Waals surface area contributed by atoms with Crippen LogP contribution in [0.1, 0.15) is 57.1 Å². The van der Waals surface area contributed by atoms with Gasteiger partial charge in [-0.25, -0.2) is 0 Å². The zero-order valence-electron chi connectivity index (χ0n) is 18.5. The Kier molecular flexibility index (Phi) is 3.42. The molecule has 0 amide bonds. The number of aliphatic imine (C=N–C) groups is 1. The molecule has 3 aliphatic carbocycles. The van der Waals surface area contributed by atoms with E-state index in [4.69, 9.17) is 15.6 Å². The second-order valence-electron chi connectivity index (χ2n) is 7.64. The summed E-state index contributed by atoms with van der Waals surface area (Å²) >= 11 is 0. The van der Waals surface area contributed by atoms with E-state index in [0.717, 1.165) is 6.42 Å². The summed E-state index contributed by atoms with van der Waals surface area (Å²) in [6.45, 7) is 6.00. The molecule has 130 valence electrons. The Bertz CT molecular complexity index is 836. The molecule has 0 spiro atoms. The van der Waals surface area contributed by atoms with Crippen molar-refractivity contribution in [3.05, 3.63) is 42.1 Å². The highest BCUT2D eigenvalue weighted by atomic mass is 16.3. The van der Waals surface area contributed by atoms with Crippen LogP contribution in [-0.4, -0.2) is 33.1 Å². The maximum absolute atomic E-state index is 11.2. The van der Waals surface area contributed by atoms with E-state index in [9.17, 15) is 5.11 Å². The van der Waals surface area contributed by atoms with Crippen LogP contribution in [0.15, 0.2) is 41.6 Å². The number of rotatable bonds is 5. The predicted molar refractivity (Wildman–Crippen MR) is 95.9 cm³/mol. The summed E-state index contributed by atoms with van der Waals surface area (Å²) < 4.78 is 31.9. The average molecular weight is 332 g/mol. The van der Waals surface area contributed by atoms with Gasteiger partial charge in [-0.1, -0.05) is 32.0 Å². The fourth-order valence-corrected chi connectivity index (χ4v) is 4.26. The third-order valence-electron chi connectivity index (χ3n) is 5.93. The first kappa shape index (κ1) is 12.8. The summed E-state index contributed by atoms with van der Waals surface area (Å²) in [6, 6.07) is -1.22. The number of hydrogen-bond donors (Lipinski definition) is 2. The summed E-state index contributed by atoms with van der Waals surface area (Å²) in [5.41, 5.74) is -0.159. The number of aliphatic hydroxyl groups is 2. The van der Waals surface area contributed by atoms with E-state index >= 15 is 0 Å². The Morgan fingerprint density at radius 2 is 2.25 bits per heavy atom. The van der Waals surface area contributed by atoms with Gasteiger partial charge >= 0.3 is 0 Å². The molecule has 4 atom stereocenters. The molecule has 0 saturated heterocycles. The molecule has 0 aliphatic heterocycles. The number of aromatic nitrogens is 1. The molecule has 0 unspecified atom stereocenters. The lowest BCUT2D eigenvalue weighted by Crippen LogP contribution is -2.64. The fraction of sp³-hybridized carbons (Fsp3) is 0.600. The molecule has 0 aromatic carbocycles. The molecule has 3 fully saturated rings. The highest BCUT2D eigenvalue weighted by molar-refractivity contribution is 5.94. The molecule has 2 bridgehead atoms. The molecule has 4 heteroatoms. The molecule has 3 aliphatic rings. The summed E-state index contributed by atoms with van der Waals surface area (Å²) in [7, 11) is 0. The first-order valence-electron chi connectivity index (χ1n) is 10.5. The summed E-state index contributed by atoms with van der Waals surface area (Å²) in [4.78, 5) is 8.56. The van der Waals surface area contributed by atoms with Crippen molar-refractivity contribution in [2.24, 2.45) is 22.2 Å². The molecule has 4 nitrogen and oxygen atoms in total. The van der Waals surface area contributed by atoms with E-state index in [1.54, 1.807) is 19.1 Å². The van der Waals surface area contributed by atoms with Crippen molar-refractivity contribution in [3.8, 4) is 0 Å². The van der Waals surface area contributed by atoms with Crippen molar-refractivity contribution in [1.82, 2.24) is 4.98 Å². The van der Waals surface area contributed by atoms with Gasteiger partial charge < -0.3 is 10.2 Å². The first-order chi connectivity index (χ1) is 13.0. The third kappa shape index (κ3) is 2.93. The molecule has 2 N–H and O–H groups in total. The minimum atomic E-state index is -1.06. The topological polar surface area (TPSA) is 65.7 Å². The van der Waals surface area contributed by atoms with Crippen LogP contribution in [0.5, 0.6) is 0 Å². The van der Waals surface area contributed by atoms with E-state index in [1.807, 2.05) is 0 Å². The normalized spacial score (nSPS) is 36.6. The second-order valence-corrected chi connectivity index (χ2v) is 7.64. The number of hydrogen-bond acceptors (Lipinski definition) is 4. The maximum atomic E-state index is 11.2. The van der Waals surface area contributed by atoms with Crippen LogP contribution in [0, 0.1) is 17.3 Å². The minimum absolute atomic E-state index is 0.0543. The van der Waals surface area contributed by atoms with E-state index in [1.165, 1.54) is 0 Å². The monoisotopic (exact) mass is 332 g/mol. The van der Waals surface area contributed by atoms with Crippen molar-refractivity contribution in [2.45, 2.75) is 51.7 Å². The van der Waals surface area contributed by atoms with Gasteiger partial charge in [0, 0.05) is 18.1 Å². The Morgan fingerprint density at radius 3 is 2.92 bits per heavy atom. The Labute approximate surface area is 150 Å². The molecule has 1 aromatic rings. The maximum Gasteiger partial charge on any atom is 0.103 e. The van der Waals surface area contributed by atoms with Crippen LogP contribution in [0.4, 0.5) is 0 Å². The van der Waals surface area contributed by atoms with Crippen molar-refractivity contribution in [1.29, 1.82) is 0 Å². The van der Waals surface area contributed by atoms with Gasteiger partial charge in [0.1, 0.15) is 5.60 Å². The van der Waals surface area contributed by atoms with Crippen LogP contribution in [0.25, 0.3) is 0 Å². The molecule has 0 radical (unpaired) electrons. The van der Waals surface area contributed by atoms with Gasteiger partial charge in [0.05, 0.1) is 18.1 Å². The molecule has 3 saturated carbocycles. The molecule has 1 aromatic heterocycles. The highest BCUT2D eigenvalue weighted by Crippen LogP contribution is 2.61. The number of aliphatic hydroxyl groups excluding tert-OH is 1. The Morgan fingerprint density at radius 1 is 1.46 bits per heavy atom. The van der Waals surface area contributed by atoms with Crippen LogP contribution < -0.4 is 0 Å². The van der Waals surface area contributed by atoms with Gasteiger partial charge in [-0.3, -0.25) is 9.98 Å². The standard InChI is InChI=1S/C20H28N2O2/c1-19(2)15-11-17(19)20(3,24)18(12-15)22-16(8-4-5-10-23)14-7-6-9-21-13-14/h4-7,9,13,15-17,23-24H,8,10-12H2,1-3H3/b5-4-,22-18?/t15-,16+,17-,20-/m1/s1/i6D,7D,9D,13D. The average Bonchev–Trinajstić information content (AvgIpc) is 2.60. The third-order valence-corrected chi connectivity index (χ3v) is 5.93. The predicted octanol–water partition coefficient (Wildman–Crippen LogP) is 3.32. The van der Waals surface area contributed by atoms with E-state index in [-0.39, 0.29) is 41.8 Å². The lowest BCUT2D eigenvalue weighted by atomic mass is 9.44. The molecular formula is C20H28N2O2. The number of pyridine rings is 1. The van der Waals surface area contributed by atoms with Crippen molar-refractivity contribution in [2.75, 3.05) is 6.61 Å². The Balaban J connectivity index is 2.05. The molecule has 1 heterocycles. The van der Waals surface area contributed by atoms with Crippen LogP contribution in [0.2, 0.25) is 0 Å². The van der Waals surface area contributed by atoms with Gasteiger partial charge in [-0.05, 0) is 55.0 Å². The van der Waals surface area contributed by atoms with Crippen LogP contribution in [0.3, 0.4) is 0 Å². The Hall–Kier alpha value is -1.52. The summed E-state index contributed by atoms with van der Waals surface area (Å²) in [5, 5.41) is 20.3. The van der Waals surface area contributed by atoms with Crippen LogP contribution in [-0.2, 0) is 0 Å². The van der Waals surface area contributed by atoms with Gasteiger partial charge in [0.25, 0.3) is 0 Å². The zero-order valence-corrected chi connectivity index (χ0v) is 14.5. The van der Waals surface area contributed by atoms with E-state index < -0.39 is 17.8 Å². The summed E-state index contributed by atoms with van der Waals surface area (Å²) in [5.74, 6) is 0.550. The second kappa shape index (κ2) is 6.41. The lowest BCUT2D eigenvalue weighted by molar-refractivity contribution is -0.134. The molecule has 24 heavy (non-hydrogen) atoms. The minimum Gasteiger partial charge on any atom is -0.392 e.